The first-order valence-corrected chi connectivity index (χ1v) is 5.70. The molecule has 2 nitrogen and oxygen atoms in total. The summed E-state index contributed by atoms with van der Waals surface area (Å²) in [5, 5.41) is 0. The molecule has 6 atom stereocenters. The maximum absolute atomic E-state index is 5.96. The summed E-state index contributed by atoms with van der Waals surface area (Å²) in [6, 6.07) is 0. The van der Waals surface area contributed by atoms with Gasteiger partial charge in [0.05, 0.1) is 13.2 Å². The van der Waals surface area contributed by atoms with Gasteiger partial charge in [-0.25, -0.2) is 0 Å². The molecule has 0 N–H and O–H groups in total. The molecule has 5 aliphatic rings. The fourth-order valence-corrected chi connectivity index (χ4v) is 5.50. The zero-order valence-electron chi connectivity index (χ0n) is 7.61. The van der Waals surface area contributed by atoms with Crippen LogP contribution >= 0.6 is 0 Å². The number of ether oxygens (including phenoxy) is 2. The van der Waals surface area contributed by atoms with Crippen LogP contribution in [-0.4, -0.2) is 19.0 Å². The van der Waals surface area contributed by atoms with Gasteiger partial charge < -0.3 is 9.47 Å². The van der Waals surface area contributed by atoms with Crippen molar-refractivity contribution in [2.45, 2.75) is 18.6 Å². The third kappa shape index (κ3) is 0.419. The van der Waals surface area contributed by atoms with E-state index in [-0.39, 0.29) is 5.79 Å². The molecule has 0 amide bonds. The van der Waals surface area contributed by atoms with Crippen molar-refractivity contribution in [3.05, 3.63) is 0 Å². The largest absolute Gasteiger partial charge is 0.347 e. The lowest BCUT2D eigenvalue weighted by molar-refractivity contribution is -0.220. The van der Waals surface area contributed by atoms with Crippen LogP contribution in [0.3, 0.4) is 0 Å². The van der Waals surface area contributed by atoms with Gasteiger partial charge >= 0.3 is 0 Å². The predicted octanol–water partition coefficient (Wildman–Crippen LogP) is 1.26. The smallest absolute Gasteiger partial charge is 0.174 e. The van der Waals surface area contributed by atoms with E-state index >= 15 is 0 Å². The molecule has 0 aromatic rings. The highest BCUT2D eigenvalue weighted by molar-refractivity contribution is 5.27. The van der Waals surface area contributed by atoms with Gasteiger partial charge in [0.1, 0.15) is 0 Å². The van der Waals surface area contributed by atoms with Gasteiger partial charge in [-0.2, -0.15) is 0 Å². The summed E-state index contributed by atoms with van der Waals surface area (Å²) in [4.78, 5) is 0. The SMILES string of the molecule is C1COC2(O1)C1CC3C4CC1C4C32. The van der Waals surface area contributed by atoms with E-state index in [1.165, 1.54) is 12.8 Å². The first kappa shape index (κ1) is 6.41. The summed E-state index contributed by atoms with van der Waals surface area (Å²) in [5.74, 6) is 5.69. The molecule has 4 aliphatic carbocycles. The Morgan fingerprint density at radius 1 is 0.923 bits per heavy atom. The van der Waals surface area contributed by atoms with E-state index < -0.39 is 0 Å². The van der Waals surface area contributed by atoms with E-state index in [9.17, 15) is 0 Å². The summed E-state index contributed by atoms with van der Waals surface area (Å²) in [7, 11) is 0. The molecular weight excluding hydrogens is 164 g/mol. The molecule has 5 fully saturated rings. The Morgan fingerprint density at radius 2 is 1.77 bits per heavy atom. The first-order chi connectivity index (χ1) is 6.42. The normalized spacial score (nSPS) is 68.3. The van der Waals surface area contributed by atoms with E-state index in [2.05, 4.69) is 0 Å². The number of fused-ring (bicyclic) bond motifs is 2. The van der Waals surface area contributed by atoms with E-state index in [1.807, 2.05) is 0 Å². The molecule has 0 radical (unpaired) electrons. The van der Waals surface area contributed by atoms with Gasteiger partial charge in [-0.1, -0.05) is 0 Å². The average Bonchev–Trinajstić information content (AvgIpc) is 2.71. The maximum atomic E-state index is 5.96. The molecular formula is C11H14O2. The Morgan fingerprint density at radius 3 is 2.31 bits per heavy atom. The Bertz CT molecular complexity index is 280. The minimum absolute atomic E-state index is 0.0486. The van der Waals surface area contributed by atoms with Crippen LogP contribution in [0.1, 0.15) is 12.8 Å². The van der Waals surface area contributed by atoms with Crippen molar-refractivity contribution in [1.82, 2.24) is 0 Å². The van der Waals surface area contributed by atoms with Crippen molar-refractivity contribution in [3.8, 4) is 0 Å². The molecule has 2 bridgehead atoms. The minimum atomic E-state index is -0.0486. The van der Waals surface area contributed by atoms with Crippen LogP contribution in [0.2, 0.25) is 0 Å². The average molecular weight is 178 g/mol. The standard InChI is InChI=1S/C11H14O2/c1-2-13-11(12-1)8-4-6-5-3-7(8)9(5)10(6)11/h5-10H,1-4H2. The number of hydrogen-bond donors (Lipinski definition) is 0. The third-order valence-corrected chi connectivity index (χ3v) is 5.72. The van der Waals surface area contributed by atoms with Crippen LogP contribution in [0.25, 0.3) is 0 Å². The number of rotatable bonds is 0. The van der Waals surface area contributed by atoms with E-state index in [0.29, 0.717) is 0 Å². The van der Waals surface area contributed by atoms with Gasteiger partial charge in [0.15, 0.2) is 5.79 Å². The van der Waals surface area contributed by atoms with Gasteiger partial charge in [-0.3, -0.25) is 0 Å². The Hall–Kier alpha value is -0.0800. The second-order valence-electron chi connectivity index (χ2n) is 5.59. The zero-order chi connectivity index (χ0) is 8.21. The van der Waals surface area contributed by atoms with Crippen molar-refractivity contribution in [2.24, 2.45) is 35.5 Å². The Balaban J connectivity index is 1.70. The minimum Gasteiger partial charge on any atom is -0.347 e. The molecule has 5 rings (SSSR count). The van der Waals surface area contributed by atoms with Crippen molar-refractivity contribution in [2.75, 3.05) is 13.2 Å². The lowest BCUT2D eigenvalue weighted by atomic mass is 9.41. The summed E-state index contributed by atoms with van der Waals surface area (Å²) in [6.07, 6.45) is 2.93. The molecule has 1 spiro atoms. The first-order valence-electron chi connectivity index (χ1n) is 5.70. The van der Waals surface area contributed by atoms with Gasteiger partial charge in [0.2, 0.25) is 0 Å². The van der Waals surface area contributed by atoms with Crippen LogP contribution in [0.5, 0.6) is 0 Å². The molecule has 0 aromatic carbocycles. The van der Waals surface area contributed by atoms with E-state index in [0.717, 1.165) is 48.7 Å². The molecule has 1 heterocycles. The van der Waals surface area contributed by atoms with Crippen molar-refractivity contribution < 1.29 is 9.47 Å². The van der Waals surface area contributed by atoms with E-state index in [1.54, 1.807) is 0 Å². The lowest BCUT2D eigenvalue weighted by Crippen LogP contribution is -2.59. The van der Waals surface area contributed by atoms with Crippen molar-refractivity contribution in [3.63, 3.8) is 0 Å². The van der Waals surface area contributed by atoms with Crippen LogP contribution in [0, 0.1) is 35.5 Å². The number of hydrogen-bond acceptors (Lipinski definition) is 2. The van der Waals surface area contributed by atoms with E-state index in [4.69, 9.17) is 9.47 Å². The van der Waals surface area contributed by atoms with Gasteiger partial charge in [0, 0.05) is 11.8 Å². The quantitative estimate of drug-likeness (QED) is 0.556. The molecule has 4 saturated carbocycles. The lowest BCUT2D eigenvalue weighted by Gasteiger charge is -2.63. The second-order valence-corrected chi connectivity index (χ2v) is 5.59. The summed E-state index contributed by atoms with van der Waals surface area (Å²) in [6.45, 7) is 1.70. The zero-order valence-corrected chi connectivity index (χ0v) is 7.61. The molecule has 1 aliphatic heterocycles. The van der Waals surface area contributed by atoms with Crippen LogP contribution in [0.15, 0.2) is 0 Å². The fraction of sp³-hybridized carbons (Fsp3) is 1.00. The molecule has 0 aromatic heterocycles. The molecule has 70 valence electrons. The van der Waals surface area contributed by atoms with Crippen LogP contribution < -0.4 is 0 Å². The third-order valence-electron chi connectivity index (χ3n) is 5.72. The van der Waals surface area contributed by atoms with Crippen LogP contribution in [-0.2, 0) is 9.47 Å². The molecule has 13 heavy (non-hydrogen) atoms. The van der Waals surface area contributed by atoms with Gasteiger partial charge in [0.25, 0.3) is 0 Å². The topological polar surface area (TPSA) is 18.5 Å². The highest BCUT2D eigenvalue weighted by atomic mass is 16.7. The Kier molecular flexibility index (Phi) is 0.783. The summed E-state index contributed by atoms with van der Waals surface area (Å²) in [5.41, 5.74) is 0. The predicted molar refractivity (Wildman–Crippen MR) is 44.8 cm³/mol. The summed E-state index contributed by atoms with van der Waals surface area (Å²) >= 11 is 0. The highest BCUT2D eigenvalue weighted by Gasteiger charge is 2.83. The van der Waals surface area contributed by atoms with Crippen LogP contribution in [0.4, 0.5) is 0 Å². The monoisotopic (exact) mass is 178 g/mol. The molecule has 6 unspecified atom stereocenters. The highest BCUT2D eigenvalue weighted by Crippen LogP contribution is 2.82. The van der Waals surface area contributed by atoms with Crippen molar-refractivity contribution in [1.29, 1.82) is 0 Å². The Labute approximate surface area is 77.6 Å². The summed E-state index contributed by atoms with van der Waals surface area (Å²) < 4.78 is 11.9. The van der Waals surface area contributed by atoms with Gasteiger partial charge in [-0.15, -0.1) is 0 Å². The van der Waals surface area contributed by atoms with Crippen molar-refractivity contribution >= 4 is 0 Å². The molecule has 2 heteroatoms. The maximum Gasteiger partial charge on any atom is 0.174 e. The van der Waals surface area contributed by atoms with Gasteiger partial charge in [-0.05, 0) is 36.5 Å². The fourth-order valence-electron chi connectivity index (χ4n) is 5.50. The molecule has 1 saturated heterocycles. The second kappa shape index (κ2) is 1.59.